The molecule has 0 N–H and O–H groups in total. The van der Waals surface area contributed by atoms with Crippen molar-refractivity contribution in [2.45, 2.75) is 45.3 Å². The summed E-state index contributed by atoms with van der Waals surface area (Å²) in [6.45, 7) is 3.40. The van der Waals surface area contributed by atoms with Gasteiger partial charge in [0, 0.05) is 5.56 Å². The normalized spacial score (nSPS) is 15.0. The Morgan fingerprint density at radius 1 is 0.909 bits per heavy atom. The highest BCUT2D eigenvalue weighted by molar-refractivity contribution is 5.81. The minimum atomic E-state index is -0.452. The predicted molar refractivity (Wildman–Crippen MR) is 131 cm³/mol. The molecule has 0 spiro atoms. The summed E-state index contributed by atoms with van der Waals surface area (Å²) in [5.74, 6) is 1.37. The molecule has 3 aromatic carbocycles. The van der Waals surface area contributed by atoms with Gasteiger partial charge in [0.15, 0.2) is 5.43 Å². The molecule has 4 nitrogen and oxygen atoms in total. The SMILES string of the molecule is CCCCCCOc1ccc(-c2oc3ccccc3c(=O)c2C2OCc3ccccc32)cc1. The van der Waals surface area contributed by atoms with E-state index in [1.54, 1.807) is 0 Å². The second-order valence-electron chi connectivity index (χ2n) is 8.49. The number of hydrogen-bond acceptors (Lipinski definition) is 4. The van der Waals surface area contributed by atoms with Crippen LogP contribution in [0, 0.1) is 0 Å². The van der Waals surface area contributed by atoms with Gasteiger partial charge in [-0.15, -0.1) is 0 Å². The van der Waals surface area contributed by atoms with E-state index in [4.69, 9.17) is 13.9 Å². The summed E-state index contributed by atoms with van der Waals surface area (Å²) >= 11 is 0. The van der Waals surface area contributed by atoms with Crippen LogP contribution in [0.3, 0.4) is 0 Å². The summed E-state index contributed by atoms with van der Waals surface area (Å²) in [6, 6.07) is 23.2. The molecule has 5 rings (SSSR count). The van der Waals surface area contributed by atoms with E-state index >= 15 is 0 Å². The zero-order chi connectivity index (χ0) is 22.6. The molecule has 4 heteroatoms. The van der Waals surface area contributed by atoms with Gasteiger partial charge >= 0.3 is 0 Å². The van der Waals surface area contributed by atoms with Crippen LogP contribution in [0.4, 0.5) is 0 Å². The van der Waals surface area contributed by atoms with Gasteiger partial charge < -0.3 is 13.9 Å². The molecule has 1 atom stereocenters. The van der Waals surface area contributed by atoms with Crippen molar-refractivity contribution in [3.8, 4) is 17.1 Å². The van der Waals surface area contributed by atoms with Crippen molar-refractivity contribution in [1.82, 2.24) is 0 Å². The fourth-order valence-corrected chi connectivity index (χ4v) is 4.45. The molecule has 0 saturated carbocycles. The number of unbranched alkanes of at least 4 members (excludes halogenated alkanes) is 3. The highest BCUT2D eigenvalue weighted by atomic mass is 16.5. The van der Waals surface area contributed by atoms with Crippen LogP contribution < -0.4 is 10.2 Å². The highest BCUT2D eigenvalue weighted by Crippen LogP contribution is 2.40. The standard InChI is InChI=1S/C29H28O4/c1-2-3-4-9-18-31-22-16-14-20(15-17-22)28-26(27(30)24-12-7-8-13-25(24)33-28)29-23-11-6-5-10-21(23)19-32-29/h5-8,10-17,29H,2-4,9,18-19H2,1H3. The van der Waals surface area contributed by atoms with Gasteiger partial charge in [-0.05, 0) is 53.9 Å². The van der Waals surface area contributed by atoms with Crippen molar-refractivity contribution >= 4 is 11.0 Å². The fourth-order valence-electron chi connectivity index (χ4n) is 4.45. The van der Waals surface area contributed by atoms with Crippen molar-refractivity contribution in [3.63, 3.8) is 0 Å². The third-order valence-electron chi connectivity index (χ3n) is 6.22. The molecule has 1 aliphatic heterocycles. The quantitative estimate of drug-likeness (QED) is 0.276. The van der Waals surface area contributed by atoms with Crippen LogP contribution in [-0.2, 0) is 11.3 Å². The van der Waals surface area contributed by atoms with Crippen LogP contribution in [0.1, 0.15) is 55.4 Å². The number of fused-ring (bicyclic) bond motifs is 2. The van der Waals surface area contributed by atoms with Crippen molar-refractivity contribution in [2.75, 3.05) is 6.61 Å². The Labute approximate surface area is 193 Å². The summed E-state index contributed by atoms with van der Waals surface area (Å²) in [6.07, 6.45) is 4.23. The van der Waals surface area contributed by atoms with E-state index in [0.29, 0.717) is 35.5 Å². The van der Waals surface area contributed by atoms with Crippen LogP contribution in [0.25, 0.3) is 22.3 Å². The van der Waals surface area contributed by atoms with Gasteiger partial charge in [-0.3, -0.25) is 4.79 Å². The largest absolute Gasteiger partial charge is 0.494 e. The molecule has 168 valence electrons. The van der Waals surface area contributed by atoms with Gasteiger partial charge in [0.25, 0.3) is 0 Å². The van der Waals surface area contributed by atoms with E-state index in [1.165, 1.54) is 19.3 Å². The predicted octanol–water partition coefficient (Wildman–Crippen LogP) is 7.04. The van der Waals surface area contributed by atoms with Crippen molar-refractivity contribution in [2.24, 2.45) is 0 Å². The molecule has 0 amide bonds. The summed E-state index contributed by atoms with van der Waals surface area (Å²) in [4.78, 5) is 13.6. The van der Waals surface area contributed by atoms with E-state index < -0.39 is 6.10 Å². The second-order valence-corrected chi connectivity index (χ2v) is 8.49. The smallest absolute Gasteiger partial charge is 0.199 e. The van der Waals surface area contributed by atoms with Crippen LogP contribution in [-0.4, -0.2) is 6.61 Å². The number of para-hydroxylation sites is 1. The monoisotopic (exact) mass is 440 g/mol. The van der Waals surface area contributed by atoms with Gasteiger partial charge in [0.2, 0.25) is 0 Å². The first-order valence-electron chi connectivity index (χ1n) is 11.7. The molecule has 0 fully saturated rings. The maximum absolute atomic E-state index is 13.6. The van der Waals surface area contributed by atoms with E-state index in [0.717, 1.165) is 28.9 Å². The van der Waals surface area contributed by atoms with Crippen LogP contribution in [0.15, 0.2) is 82.0 Å². The lowest BCUT2D eigenvalue weighted by Gasteiger charge is -2.16. The van der Waals surface area contributed by atoms with E-state index in [2.05, 4.69) is 6.92 Å². The third-order valence-corrected chi connectivity index (χ3v) is 6.22. The topological polar surface area (TPSA) is 48.7 Å². The zero-order valence-electron chi connectivity index (χ0n) is 18.9. The molecule has 2 heterocycles. The van der Waals surface area contributed by atoms with E-state index in [1.807, 2.05) is 72.8 Å². The Morgan fingerprint density at radius 3 is 2.55 bits per heavy atom. The van der Waals surface area contributed by atoms with Crippen LogP contribution in [0.5, 0.6) is 5.75 Å². The first-order valence-corrected chi connectivity index (χ1v) is 11.7. The molecule has 0 aliphatic carbocycles. The van der Waals surface area contributed by atoms with E-state index in [-0.39, 0.29) is 5.43 Å². The second kappa shape index (κ2) is 9.63. The lowest BCUT2D eigenvalue weighted by atomic mass is 9.95. The maximum Gasteiger partial charge on any atom is 0.199 e. The zero-order valence-corrected chi connectivity index (χ0v) is 18.9. The molecular formula is C29H28O4. The Bertz CT molecular complexity index is 1300. The Balaban J connectivity index is 1.53. The molecule has 1 aliphatic rings. The molecule has 33 heavy (non-hydrogen) atoms. The average molecular weight is 441 g/mol. The highest BCUT2D eigenvalue weighted by Gasteiger charge is 2.31. The van der Waals surface area contributed by atoms with E-state index in [9.17, 15) is 4.79 Å². The van der Waals surface area contributed by atoms with Crippen molar-refractivity contribution < 1.29 is 13.9 Å². The van der Waals surface area contributed by atoms with Crippen molar-refractivity contribution in [3.05, 3.63) is 99.7 Å². The minimum Gasteiger partial charge on any atom is -0.494 e. The number of benzene rings is 3. The van der Waals surface area contributed by atoms with Gasteiger partial charge in [-0.1, -0.05) is 62.6 Å². The molecule has 0 bridgehead atoms. The van der Waals surface area contributed by atoms with Gasteiger partial charge in [-0.2, -0.15) is 0 Å². The molecular weight excluding hydrogens is 412 g/mol. The molecule has 0 saturated heterocycles. The first kappa shape index (κ1) is 21.5. The Kier molecular flexibility index (Phi) is 6.27. The van der Waals surface area contributed by atoms with Gasteiger partial charge in [0.05, 0.1) is 24.2 Å². The van der Waals surface area contributed by atoms with Crippen LogP contribution >= 0.6 is 0 Å². The van der Waals surface area contributed by atoms with Crippen LogP contribution in [0.2, 0.25) is 0 Å². The lowest BCUT2D eigenvalue weighted by molar-refractivity contribution is 0.0927. The Hall–Kier alpha value is -3.37. The Morgan fingerprint density at radius 2 is 1.70 bits per heavy atom. The molecule has 1 aromatic heterocycles. The minimum absolute atomic E-state index is 0.0511. The summed E-state index contributed by atoms with van der Waals surface area (Å²) in [7, 11) is 0. The lowest BCUT2D eigenvalue weighted by Crippen LogP contribution is -2.16. The summed E-state index contributed by atoms with van der Waals surface area (Å²) in [5, 5.41) is 0.566. The maximum atomic E-state index is 13.6. The third kappa shape index (κ3) is 4.31. The average Bonchev–Trinajstić information content (AvgIpc) is 3.28. The molecule has 4 aromatic rings. The number of ether oxygens (including phenoxy) is 2. The molecule has 1 unspecified atom stereocenters. The first-order chi connectivity index (χ1) is 16.3. The molecule has 0 radical (unpaired) electrons. The van der Waals surface area contributed by atoms with Gasteiger partial charge in [-0.25, -0.2) is 0 Å². The number of hydrogen-bond donors (Lipinski definition) is 0. The van der Waals surface area contributed by atoms with Gasteiger partial charge in [0.1, 0.15) is 23.2 Å². The van der Waals surface area contributed by atoms with Crippen molar-refractivity contribution in [1.29, 1.82) is 0 Å². The number of rotatable bonds is 8. The summed E-state index contributed by atoms with van der Waals surface area (Å²) < 4.78 is 18.4. The summed E-state index contributed by atoms with van der Waals surface area (Å²) in [5.41, 5.74) is 4.03. The fraction of sp³-hybridized carbons (Fsp3) is 0.276.